The van der Waals surface area contributed by atoms with E-state index in [9.17, 15) is 18.0 Å². The molecule has 0 aliphatic carbocycles. The van der Waals surface area contributed by atoms with Crippen LogP contribution in [0.25, 0.3) is 0 Å². The average molecular weight is 339 g/mol. The summed E-state index contributed by atoms with van der Waals surface area (Å²) in [6.45, 7) is 3.22. The van der Waals surface area contributed by atoms with E-state index in [-0.39, 0.29) is 15.7 Å². The number of anilines is 1. The van der Waals surface area contributed by atoms with Gasteiger partial charge in [0, 0.05) is 0 Å². The molecule has 0 spiro atoms. The molecule has 1 amide bonds. The highest BCUT2D eigenvalue weighted by atomic mass is 35.5. The van der Waals surface area contributed by atoms with Crippen molar-refractivity contribution in [3.63, 3.8) is 0 Å². The van der Waals surface area contributed by atoms with Crippen molar-refractivity contribution in [2.24, 2.45) is 11.1 Å². The number of thiocarbonyl (C=S) groups is 1. The van der Waals surface area contributed by atoms with Crippen molar-refractivity contribution in [3.8, 4) is 0 Å². The summed E-state index contributed by atoms with van der Waals surface area (Å²) in [4.78, 5) is 12.2. The van der Waals surface area contributed by atoms with Crippen LogP contribution in [0.4, 0.5) is 18.9 Å². The molecule has 3 nitrogen and oxygen atoms in total. The Bertz CT molecular complexity index is 577. The van der Waals surface area contributed by atoms with E-state index >= 15 is 0 Å². The zero-order valence-corrected chi connectivity index (χ0v) is 12.9. The molecule has 0 radical (unpaired) electrons. The average Bonchev–Trinajstić information content (AvgIpc) is 2.38. The van der Waals surface area contributed by atoms with Crippen molar-refractivity contribution < 1.29 is 18.0 Å². The molecule has 0 fully saturated rings. The van der Waals surface area contributed by atoms with Crippen LogP contribution in [0.5, 0.6) is 0 Å². The van der Waals surface area contributed by atoms with Gasteiger partial charge < -0.3 is 11.1 Å². The molecule has 1 unspecified atom stereocenters. The van der Waals surface area contributed by atoms with E-state index < -0.39 is 23.1 Å². The van der Waals surface area contributed by atoms with Crippen LogP contribution in [-0.4, -0.2) is 10.9 Å². The van der Waals surface area contributed by atoms with Gasteiger partial charge in [0.15, 0.2) is 0 Å². The third-order valence-corrected chi connectivity index (χ3v) is 4.07. The van der Waals surface area contributed by atoms with Gasteiger partial charge in [0.05, 0.1) is 26.7 Å². The molecule has 1 atom stereocenters. The van der Waals surface area contributed by atoms with E-state index in [1.54, 1.807) is 6.92 Å². The van der Waals surface area contributed by atoms with E-state index in [4.69, 9.17) is 29.6 Å². The highest BCUT2D eigenvalue weighted by Gasteiger charge is 2.36. The van der Waals surface area contributed by atoms with Gasteiger partial charge in [-0.1, -0.05) is 30.7 Å². The van der Waals surface area contributed by atoms with Gasteiger partial charge in [-0.3, -0.25) is 4.79 Å². The van der Waals surface area contributed by atoms with Crippen LogP contribution in [0.1, 0.15) is 25.8 Å². The number of hydrogen-bond acceptors (Lipinski definition) is 2. The summed E-state index contributed by atoms with van der Waals surface area (Å²) in [5.74, 6) is -0.598. The molecule has 0 aromatic heterocycles. The number of hydrogen-bond donors (Lipinski definition) is 2. The first kappa shape index (κ1) is 17.7. The van der Waals surface area contributed by atoms with Gasteiger partial charge in [0.25, 0.3) is 0 Å². The van der Waals surface area contributed by atoms with Gasteiger partial charge in [0.1, 0.15) is 0 Å². The maximum atomic E-state index is 12.7. The molecular weight excluding hydrogens is 325 g/mol. The summed E-state index contributed by atoms with van der Waals surface area (Å²) in [5.41, 5.74) is 3.33. The number of carbonyl (C=O) groups excluding carboxylic acids is 1. The number of rotatable bonds is 4. The quantitative estimate of drug-likeness (QED) is 0.816. The van der Waals surface area contributed by atoms with E-state index in [0.29, 0.717) is 6.42 Å². The van der Waals surface area contributed by atoms with Crippen molar-refractivity contribution in [1.82, 2.24) is 0 Å². The Balaban J connectivity index is 3.13. The molecule has 0 aliphatic rings. The fraction of sp³-hybridized carbons (Fsp3) is 0.385. The first-order valence-electron chi connectivity index (χ1n) is 6.00. The number of nitrogens with one attached hydrogen (secondary N) is 1. The van der Waals surface area contributed by atoms with Gasteiger partial charge in [0.2, 0.25) is 5.91 Å². The fourth-order valence-electron chi connectivity index (χ4n) is 1.50. The Morgan fingerprint density at radius 3 is 2.43 bits per heavy atom. The smallest absolute Gasteiger partial charge is 0.392 e. The number of alkyl halides is 3. The summed E-state index contributed by atoms with van der Waals surface area (Å²) >= 11 is 10.7. The van der Waals surface area contributed by atoms with E-state index in [1.165, 1.54) is 6.92 Å². The number of nitrogens with two attached hydrogens (primary N) is 1. The highest BCUT2D eigenvalue weighted by molar-refractivity contribution is 7.80. The molecule has 8 heteroatoms. The Hall–Kier alpha value is -1.34. The second kappa shape index (κ2) is 6.19. The third-order valence-electron chi connectivity index (χ3n) is 3.29. The molecule has 0 bridgehead atoms. The maximum absolute atomic E-state index is 12.7. The summed E-state index contributed by atoms with van der Waals surface area (Å²) in [6, 6.07) is 2.69. The molecule has 0 saturated heterocycles. The molecule has 116 valence electrons. The predicted octanol–water partition coefficient (Wildman–Crippen LogP) is 4.00. The number of halogens is 4. The number of carbonyl (C=O) groups is 1. The van der Waals surface area contributed by atoms with Gasteiger partial charge in [-0.25, -0.2) is 0 Å². The lowest BCUT2D eigenvalue weighted by atomic mass is 9.86. The molecule has 0 heterocycles. The lowest BCUT2D eigenvalue weighted by Crippen LogP contribution is -2.43. The van der Waals surface area contributed by atoms with E-state index in [0.717, 1.165) is 18.2 Å². The Kier molecular flexibility index (Phi) is 5.22. The summed E-state index contributed by atoms with van der Waals surface area (Å²) in [7, 11) is 0. The predicted molar refractivity (Wildman–Crippen MR) is 80.3 cm³/mol. The van der Waals surface area contributed by atoms with Crippen LogP contribution in [0.15, 0.2) is 18.2 Å². The minimum absolute atomic E-state index is 0.00209. The van der Waals surface area contributed by atoms with Crippen LogP contribution < -0.4 is 11.1 Å². The fourth-order valence-corrected chi connectivity index (χ4v) is 1.91. The SMILES string of the molecule is CCC(C)(C(=O)Nc1cc(C(F)(F)F)ccc1Cl)C(N)=S. The van der Waals surface area contributed by atoms with Gasteiger partial charge >= 0.3 is 6.18 Å². The molecule has 0 saturated carbocycles. The minimum atomic E-state index is -4.53. The zero-order valence-electron chi connectivity index (χ0n) is 11.3. The molecule has 0 aliphatic heterocycles. The molecule has 1 aromatic carbocycles. The molecule has 1 rings (SSSR count). The minimum Gasteiger partial charge on any atom is -0.392 e. The first-order valence-corrected chi connectivity index (χ1v) is 6.79. The Morgan fingerprint density at radius 2 is 2.00 bits per heavy atom. The lowest BCUT2D eigenvalue weighted by molar-refractivity contribution is -0.137. The number of benzene rings is 1. The lowest BCUT2D eigenvalue weighted by Gasteiger charge is -2.26. The molecule has 21 heavy (non-hydrogen) atoms. The van der Waals surface area contributed by atoms with Crippen LogP contribution in [0, 0.1) is 5.41 Å². The summed E-state index contributed by atoms with van der Waals surface area (Å²) < 4.78 is 38.0. The van der Waals surface area contributed by atoms with Crippen LogP contribution in [0.3, 0.4) is 0 Å². The van der Waals surface area contributed by atoms with Gasteiger partial charge in [-0.15, -0.1) is 0 Å². The van der Waals surface area contributed by atoms with E-state index in [2.05, 4.69) is 5.32 Å². The monoisotopic (exact) mass is 338 g/mol. The van der Waals surface area contributed by atoms with Crippen molar-refractivity contribution >= 4 is 40.4 Å². The van der Waals surface area contributed by atoms with Crippen molar-refractivity contribution in [1.29, 1.82) is 0 Å². The van der Waals surface area contributed by atoms with Crippen LogP contribution in [0.2, 0.25) is 5.02 Å². The standard InChI is InChI=1S/C13H14ClF3N2OS/c1-3-12(2,10(18)21)11(20)19-9-6-7(13(15,16)17)4-5-8(9)14/h4-6H,3H2,1-2H3,(H2,18,21)(H,19,20). The zero-order chi connectivity index (χ0) is 16.4. The van der Waals surface area contributed by atoms with Gasteiger partial charge in [-0.2, -0.15) is 13.2 Å². The summed E-state index contributed by atoms with van der Waals surface area (Å²) in [5, 5.41) is 2.36. The largest absolute Gasteiger partial charge is 0.416 e. The van der Waals surface area contributed by atoms with Crippen molar-refractivity contribution in [3.05, 3.63) is 28.8 Å². The highest BCUT2D eigenvalue weighted by Crippen LogP contribution is 2.34. The summed E-state index contributed by atoms with van der Waals surface area (Å²) in [6.07, 6.45) is -4.22. The first-order chi connectivity index (χ1) is 9.52. The van der Waals surface area contributed by atoms with Crippen molar-refractivity contribution in [2.75, 3.05) is 5.32 Å². The third kappa shape index (κ3) is 3.85. The molecular formula is C13H14ClF3N2OS. The second-order valence-electron chi connectivity index (χ2n) is 4.70. The normalized spacial score (nSPS) is 14.4. The topological polar surface area (TPSA) is 55.1 Å². The second-order valence-corrected chi connectivity index (χ2v) is 5.54. The number of amides is 1. The molecule has 3 N–H and O–H groups in total. The Labute approximate surface area is 130 Å². The maximum Gasteiger partial charge on any atom is 0.416 e. The Morgan fingerprint density at radius 1 is 1.43 bits per heavy atom. The van der Waals surface area contributed by atoms with Gasteiger partial charge in [-0.05, 0) is 31.5 Å². The van der Waals surface area contributed by atoms with Crippen molar-refractivity contribution in [2.45, 2.75) is 26.4 Å². The van der Waals surface area contributed by atoms with Crippen LogP contribution >= 0.6 is 23.8 Å². The van der Waals surface area contributed by atoms with Crippen LogP contribution in [-0.2, 0) is 11.0 Å². The molecule has 1 aromatic rings. The van der Waals surface area contributed by atoms with E-state index in [1.807, 2.05) is 0 Å².